The number of nitrogens with zero attached hydrogens (tertiary/aromatic N) is 5. The summed E-state index contributed by atoms with van der Waals surface area (Å²) >= 11 is 0. The zero-order chi connectivity index (χ0) is 14.5. The lowest BCUT2D eigenvalue weighted by Gasteiger charge is -2.13. The highest BCUT2D eigenvalue weighted by Crippen LogP contribution is 2.09. The molecule has 106 valence electrons. The predicted octanol–water partition coefficient (Wildman–Crippen LogP) is 0.155. The number of nitrogens with one attached hydrogen (secondary N) is 1. The second kappa shape index (κ2) is 6.11. The molecule has 0 spiro atoms. The fraction of sp³-hybridized carbons (Fsp3) is 0.333. The number of pyridine rings is 1. The maximum Gasteiger partial charge on any atom is 0.188 e. The first-order valence-corrected chi connectivity index (χ1v) is 6.12. The van der Waals surface area contributed by atoms with Gasteiger partial charge in [0, 0.05) is 19.8 Å². The van der Waals surface area contributed by atoms with E-state index in [1.54, 1.807) is 18.6 Å². The molecule has 0 fully saturated rings. The van der Waals surface area contributed by atoms with Crippen molar-refractivity contribution < 1.29 is 5.21 Å². The molecule has 8 nitrogen and oxygen atoms in total. The van der Waals surface area contributed by atoms with Crippen LogP contribution in [0.5, 0.6) is 0 Å². The summed E-state index contributed by atoms with van der Waals surface area (Å²) in [7, 11) is 1.90. The largest absolute Gasteiger partial charge is 0.409 e. The van der Waals surface area contributed by atoms with Crippen molar-refractivity contribution in [3.8, 4) is 0 Å². The highest BCUT2D eigenvalue weighted by molar-refractivity contribution is 5.95. The number of rotatable bonds is 5. The minimum Gasteiger partial charge on any atom is -0.409 e. The molecule has 2 aromatic rings. The normalized spacial score (nSPS) is 13.4. The molecule has 20 heavy (non-hydrogen) atoms. The quantitative estimate of drug-likeness (QED) is 0.310. The van der Waals surface area contributed by atoms with Gasteiger partial charge in [-0.25, -0.2) is 0 Å². The molecule has 0 radical (unpaired) electrons. The summed E-state index contributed by atoms with van der Waals surface area (Å²) in [6.07, 6.45) is 3.29. The number of nitrogens with two attached hydrogens (primary N) is 1. The second-order valence-corrected chi connectivity index (χ2v) is 4.44. The third-order valence-corrected chi connectivity index (χ3v) is 2.94. The number of oxime groups is 1. The molecule has 0 aliphatic heterocycles. The van der Waals surface area contributed by atoms with Gasteiger partial charge >= 0.3 is 0 Å². The number of aryl methyl sites for hydroxylation is 1. The van der Waals surface area contributed by atoms with Gasteiger partial charge in [-0.2, -0.15) is 0 Å². The summed E-state index contributed by atoms with van der Waals surface area (Å²) in [5.74, 6) is 0.851. The standard InChI is InChI=1S/C12H17N7O/c1-8(12-17-16-7-19(12)2)15-6-9-3-4-14-10(5-9)11(13)18-20/h3-5,7-8,15,20H,6H2,1-2H3,(H2,13,18). The van der Waals surface area contributed by atoms with E-state index < -0.39 is 0 Å². The van der Waals surface area contributed by atoms with Gasteiger partial charge in [0.2, 0.25) is 0 Å². The molecule has 0 aromatic carbocycles. The van der Waals surface area contributed by atoms with Gasteiger partial charge in [-0.3, -0.25) is 4.98 Å². The van der Waals surface area contributed by atoms with Gasteiger partial charge in [-0.05, 0) is 24.6 Å². The monoisotopic (exact) mass is 275 g/mol. The first-order valence-electron chi connectivity index (χ1n) is 6.12. The topological polar surface area (TPSA) is 114 Å². The van der Waals surface area contributed by atoms with Crippen LogP contribution in [0.3, 0.4) is 0 Å². The van der Waals surface area contributed by atoms with E-state index in [9.17, 15) is 0 Å². The number of amidine groups is 1. The minimum atomic E-state index is -0.00630. The van der Waals surface area contributed by atoms with Crippen LogP contribution >= 0.6 is 0 Å². The Labute approximate surface area is 116 Å². The van der Waals surface area contributed by atoms with E-state index in [1.165, 1.54) is 0 Å². The zero-order valence-corrected chi connectivity index (χ0v) is 11.4. The van der Waals surface area contributed by atoms with Crippen molar-refractivity contribution in [2.75, 3.05) is 0 Å². The highest BCUT2D eigenvalue weighted by Gasteiger charge is 2.11. The highest BCUT2D eigenvalue weighted by atomic mass is 16.4. The molecule has 2 aromatic heterocycles. The maximum absolute atomic E-state index is 8.64. The third kappa shape index (κ3) is 3.09. The van der Waals surface area contributed by atoms with Crippen LogP contribution in [-0.2, 0) is 13.6 Å². The zero-order valence-electron chi connectivity index (χ0n) is 11.4. The van der Waals surface area contributed by atoms with Crippen molar-refractivity contribution in [1.82, 2.24) is 25.1 Å². The lowest BCUT2D eigenvalue weighted by atomic mass is 10.2. The lowest BCUT2D eigenvalue weighted by molar-refractivity contribution is 0.318. The molecular weight excluding hydrogens is 258 g/mol. The SMILES string of the molecule is CC(NCc1ccnc(C(N)=NO)c1)c1nncn1C. The van der Waals surface area contributed by atoms with Crippen LogP contribution in [0.1, 0.15) is 30.0 Å². The van der Waals surface area contributed by atoms with Crippen molar-refractivity contribution in [2.24, 2.45) is 17.9 Å². The van der Waals surface area contributed by atoms with Crippen molar-refractivity contribution in [3.05, 3.63) is 41.7 Å². The Kier molecular flexibility index (Phi) is 4.26. The number of aromatic nitrogens is 4. The van der Waals surface area contributed by atoms with Crippen LogP contribution in [0.2, 0.25) is 0 Å². The Morgan fingerprint density at radius 3 is 3.05 bits per heavy atom. The summed E-state index contributed by atoms with van der Waals surface area (Å²) in [4.78, 5) is 4.03. The van der Waals surface area contributed by atoms with Crippen LogP contribution in [0.15, 0.2) is 29.8 Å². The summed E-state index contributed by atoms with van der Waals surface area (Å²) in [6, 6.07) is 3.69. The molecule has 0 aliphatic carbocycles. The van der Waals surface area contributed by atoms with E-state index in [0.717, 1.165) is 11.4 Å². The molecule has 0 amide bonds. The van der Waals surface area contributed by atoms with Crippen LogP contribution in [0.25, 0.3) is 0 Å². The Balaban J connectivity index is 2.03. The van der Waals surface area contributed by atoms with Crippen molar-refractivity contribution in [1.29, 1.82) is 0 Å². The van der Waals surface area contributed by atoms with Gasteiger partial charge < -0.3 is 20.8 Å². The maximum atomic E-state index is 8.64. The minimum absolute atomic E-state index is 0.00630. The number of hydrogen-bond donors (Lipinski definition) is 3. The fourth-order valence-electron chi connectivity index (χ4n) is 1.82. The van der Waals surface area contributed by atoms with Crippen LogP contribution in [-0.4, -0.2) is 30.8 Å². The van der Waals surface area contributed by atoms with Crippen LogP contribution < -0.4 is 11.1 Å². The lowest BCUT2D eigenvalue weighted by Crippen LogP contribution is -2.22. The molecule has 0 aliphatic rings. The van der Waals surface area contributed by atoms with E-state index in [4.69, 9.17) is 10.9 Å². The van der Waals surface area contributed by atoms with E-state index >= 15 is 0 Å². The Morgan fingerprint density at radius 1 is 1.60 bits per heavy atom. The molecule has 0 bridgehead atoms. The molecule has 4 N–H and O–H groups in total. The average Bonchev–Trinajstić information content (AvgIpc) is 2.90. The van der Waals surface area contributed by atoms with E-state index in [0.29, 0.717) is 12.2 Å². The molecule has 2 heterocycles. The fourth-order valence-corrected chi connectivity index (χ4v) is 1.82. The van der Waals surface area contributed by atoms with Gasteiger partial charge in [0.15, 0.2) is 5.84 Å². The molecule has 0 saturated heterocycles. The Morgan fingerprint density at radius 2 is 2.40 bits per heavy atom. The van der Waals surface area contributed by atoms with Gasteiger partial charge in [-0.15, -0.1) is 10.2 Å². The Hall–Kier alpha value is -2.48. The first-order chi connectivity index (χ1) is 9.61. The predicted molar refractivity (Wildman–Crippen MR) is 73.0 cm³/mol. The summed E-state index contributed by atoms with van der Waals surface area (Å²) in [5, 5.41) is 22.8. The molecule has 8 heteroatoms. The van der Waals surface area contributed by atoms with E-state index in [2.05, 4.69) is 25.7 Å². The van der Waals surface area contributed by atoms with E-state index in [-0.39, 0.29) is 11.9 Å². The summed E-state index contributed by atoms with van der Waals surface area (Å²) in [6.45, 7) is 2.62. The molecule has 1 unspecified atom stereocenters. The number of hydrogen-bond acceptors (Lipinski definition) is 6. The Bertz CT molecular complexity index is 607. The molecule has 0 saturated carbocycles. The molecular formula is C12H17N7O. The van der Waals surface area contributed by atoms with Gasteiger partial charge in [0.25, 0.3) is 0 Å². The second-order valence-electron chi connectivity index (χ2n) is 4.44. The van der Waals surface area contributed by atoms with Crippen molar-refractivity contribution in [3.63, 3.8) is 0 Å². The van der Waals surface area contributed by atoms with Crippen molar-refractivity contribution >= 4 is 5.84 Å². The van der Waals surface area contributed by atoms with Gasteiger partial charge in [0.05, 0.1) is 6.04 Å². The third-order valence-electron chi connectivity index (χ3n) is 2.94. The van der Waals surface area contributed by atoms with Gasteiger partial charge in [-0.1, -0.05) is 5.16 Å². The molecule has 2 rings (SSSR count). The van der Waals surface area contributed by atoms with Crippen LogP contribution in [0, 0.1) is 0 Å². The summed E-state index contributed by atoms with van der Waals surface area (Å²) < 4.78 is 1.87. The van der Waals surface area contributed by atoms with Crippen LogP contribution in [0.4, 0.5) is 0 Å². The van der Waals surface area contributed by atoms with E-state index in [1.807, 2.05) is 24.6 Å². The molecule has 1 atom stereocenters. The average molecular weight is 275 g/mol. The smallest absolute Gasteiger partial charge is 0.188 e. The van der Waals surface area contributed by atoms with Crippen molar-refractivity contribution in [2.45, 2.75) is 19.5 Å². The van der Waals surface area contributed by atoms with Gasteiger partial charge in [0.1, 0.15) is 17.8 Å². The summed E-state index contributed by atoms with van der Waals surface area (Å²) in [5.41, 5.74) is 6.94. The first kappa shape index (κ1) is 13.9.